The summed E-state index contributed by atoms with van der Waals surface area (Å²) in [4.78, 5) is 15.3. The normalized spacial score (nSPS) is 13.4. The Bertz CT molecular complexity index is 966. The molecular formula is C15H16BN3O6S. The van der Waals surface area contributed by atoms with Crippen LogP contribution in [0.5, 0.6) is 0 Å². The number of carbonyl (C=O) groups is 1. The third-order valence-electron chi connectivity index (χ3n) is 3.82. The first kappa shape index (κ1) is 18.2. The highest BCUT2D eigenvalue weighted by molar-refractivity contribution is 7.90. The van der Waals surface area contributed by atoms with Crippen LogP contribution in [0, 0.1) is 0 Å². The number of carbonyl (C=O) groups excluding carboxylic acids is 1. The Morgan fingerprint density at radius 2 is 2.23 bits per heavy atom. The van der Waals surface area contributed by atoms with Gasteiger partial charge in [0.05, 0.1) is 37.0 Å². The number of amides is 1. The number of pyridine rings is 1. The molecule has 0 atom stereocenters. The summed E-state index contributed by atoms with van der Waals surface area (Å²) in [6.07, 6.45) is 0.349. The number of nitrogen functional groups attached to an aromatic ring is 1. The summed E-state index contributed by atoms with van der Waals surface area (Å²) >= 11 is 0. The molecule has 0 saturated heterocycles. The first-order valence-corrected chi connectivity index (χ1v) is 9.20. The molecule has 26 heavy (non-hydrogen) atoms. The molecule has 1 aromatic heterocycles. The molecule has 0 saturated carbocycles. The van der Waals surface area contributed by atoms with Gasteiger partial charge in [-0.25, -0.2) is 18.2 Å². The van der Waals surface area contributed by atoms with Crippen molar-refractivity contribution in [3.05, 3.63) is 41.6 Å². The van der Waals surface area contributed by atoms with Gasteiger partial charge in [-0.1, -0.05) is 18.2 Å². The second-order valence-electron chi connectivity index (χ2n) is 5.69. The highest BCUT2D eigenvalue weighted by atomic mass is 32.2. The predicted octanol–water partition coefficient (Wildman–Crippen LogP) is 0.0337. The van der Waals surface area contributed by atoms with Crippen molar-refractivity contribution in [1.82, 2.24) is 4.98 Å². The summed E-state index contributed by atoms with van der Waals surface area (Å²) in [5.41, 5.74) is 7.54. The van der Waals surface area contributed by atoms with E-state index in [4.69, 9.17) is 10.4 Å². The standard InChI is InChI=1S/C15H16BN3O6S/c1-24-15(20)19-13-5-11(17)6-18-14(13)26(22,23)8-9-2-3-10-7-25-16(21)12(10)4-9/h2-6,21H,7-8,17H2,1H3,(H,19,20). The average molecular weight is 377 g/mol. The number of hydrogen-bond donors (Lipinski definition) is 3. The third kappa shape index (κ3) is 3.64. The Labute approximate surface area is 150 Å². The van der Waals surface area contributed by atoms with Crippen LogP contribution in [0.25, 0.3) is 0 Å². The highest BCUT2D eigenvalue weighted by Crippen LogP contribution is 2.25. The summed E-state index contributed by atoms with van der Waals surface area (Å²) < 4.78 is 35.2. The van der Waals surface area contributed by atoms with Crippen LogP contribution in [0.2, 0.25) is 0 Å². The van der Waals surface area contributed by atoms with Gasteiger partial charge in [-0.05, 0) is 22.7 Å². The van der Waals surface area contributed by atoms with Gasteiger partial charge in [-0.3, -0.25) is 5.32 Å². The van der Waals surface area contributed by atoms with Gasteiger partial charge in [0.15, 0.2) is 5.03 Å². The van der Waals surface area contributed by atoms with E-state index >= 15 is 0 Å². The number of aromatic nitrogens is 1. The number of sulfone groups is 1. The number of hydrogen-bond acceptors (Lipinski definition) is 8. The van der Waals surface area contributed by atoms with Gasteiger partial charge in [-0.15, -0.1) is 0 Å². The van der Waals surface area contributed by atoms with Crippen molar-refractivity contribution in [2.75, 3.05) is 18.2 Å². The smallest absolute Gasteiger partial charge is 0.453 e. The van der Waals surface area contributed by atoms with Gasteiger partial charge in [0.25, 0.3) is 0 Å². The first-order chi connectivity index (χ1) is 12.3. The number of anilines is 2. The molecule has 0 fully saturated rings. The van der Waals surface area contributed by atoms with Crippen LogP contribution < -0.4 is 16.5 Å². The average Bonchev–Trinajstić information content (AvgIpc) is 2.95. The Morgan fingerprint density at radius 3 is 2.96 bits per heavy atom. The SMILES string of the molecule is COC(=O)Nc1cc(N)cnc1S(=O)(=O)Cc1ccc2c(c1)B(O)OC2. The van der Waals surface area contributed by atoms with Crippen LogP contribution in [0.15, 0.2) is 35.5 Å². The summed E-state index contributed by atoms with van der Waals surface area (Å²) in [5, 5.41) is 11.7. The van der Waals surface area contributed by atoms with Crippen molar-refractivity contribution >= 4 is 39.9 Å². The number of nitrogens with zero attached hydrogens (tertiary/aromatic N) is 1. The van der Waals surface area contributed by atoms with E-state index in [-0.39, 0.29) is 28.8 Å². The maximum Gasteiger partial charge on any atom is 0.491 e. The third-order valence-corrected chi connectivity index (χ3v) is 5.45. The van der Waals surface area contributed by atoms with Gasteiger partial charge in [0, 0.05) is 0 Å². The maximum atomic E-state index is 12.8. The van der Waals surface area contributed by atoms with Crippen LogP contribution >= 0.6 is 0 Å². The lowest BCUT2D eigenvalue weighted by atomic mass is 9.79. The molecule has 1 aromatic carbocycles. The van der Waals surface area contributed by atoms with E-state index < -0.39 is 23.0 Å². The van der Waals surface area contributed by atoms with Crippen molar-refractivity contribution < 1.29 is 27.6 Å². The van der Waals surface area contributed by atoms with Gasteiger partial charge in [-0.2, -0.15) is 0 Å². The number of rotatable bonds is 4. The topological polar surface area (TPSA) is 141 Å². The van der Waals surface area contributed by atoms with E-state index in [1.807, 2.05) is 0 Å². The number of benzene rings is 1. The predicted molar refractivity (Wildman–Crippen MR) is 94.4 cm³/mol. The quantitative estimate of drug-likeness (QED) is 0.634. The zero-order chi connectivity index (χ0) is 18.9. The molecule has 3 rings (SSSR count). The Balaban J connectivity index is 1.94. The zero-order valence-electron chi connectivity index (χ0n) is 13.8. The van der Waals surface area contributed by atoms with E-state index in [0.29, 0.717) is 11.0 Å². The molecule has 0 unspecified atom stereocenters. The van der Waals surface area contributed by atoms with Crippen LogP contribution in [0.1, 0.15) is 11.1 Å². The van der Waals surface area contributed by atoms with Gasteiger partial charge >= 0.3 is 13.2 Å². The van der Waals surface area contributed by atoms with E-state index in [0.717, 1.165) is 12.7 Å². The maximum absolute atomic E-state index is 12.8. The lowest BCUT2D eigenvalue weighted by molar-refractivity contribution is 0.187. The number of ether oxygens (including phenoxy) is 1. The first-order valence-electron chi connectivity index (χ1n) is 7.55. The van der Waals surface area contributed by atoms with Gasteiger partial charge in [0.2, 0.25) is 9.84 Å². The minimum atomic E-state index is -3.91. The van der Waals surface area contributed by atoms with Crippen molar-refractivity contribution in [1.29, 1.82) is 0 Å². The fourth-order valence-corrected chi connectivity index (χ4v) is 4.02. The van der Waals surface area contributed by atoms with Crippen molar-refractivity contribution in [2.45, 2.75) is 17.4 Å². The van der Waals surface area contributed by atoms with E-state index in [1.54, 1.807) is 18.2 Å². The molecule has 0 bridgehead atoms. The van der Waals surface area contributed by atoms with Crippen molar-refractivity contribution in [3.8, 4) is 0 Å². The molecule has 1 amide bonds. The molecule has 11 heteroatoms. The highest BCUT2D eigenvalue weighted by Gasteiger charge is 2.29. The molecule has 136 valence electrons. The minimum absolute atomic E-state index is 0.0682. The molecular weight excluding hydrogens is 361 g/mol. The fourth-order valence-electron chi connectivity index (χ4n) is 2.61. The van der Waals surface area contributed by atoms with Crippen LogP contribution in [0.3, 0.4) is 0 Å². The number of nitrogens with two attached hydrogens (primary N) is 1. The summed E-state index contributed by atoms with van der Waals surface area (Å²) in [5.74, 6) is -0.375. The number of nitrogens with one attached hydrogen (secondary N) is 1. The number of methoxy groups -OCH3 is 1. The molecule has 1 aliphatic rings. The molecule has 0 radical (unpaired) electrons. The Kier molecular flexibility index (Phi) is 4.85. The summed E-state index contributed by atoms with van der Waals surface area (Å²) in [7, 11) is -3.83. The van der Waals surface area contributed by atoms with Gasteiger partial charge in [0.1, 0.15) is 0 Å². The Hall–Kier alpha value is -2.63. The molecule has 0 spiro atoms. The van der Waals surface area contributed by atoms with E-state index in [1.165, 1.54) is 12.3 Å². The molecule has 0 aliphatic carbocycles. The van der Waals surface area contributed by atoms with E-state index in [9.17, 15) is 18.2 Å². The monoisotopic (exact) mass is 377 g/mol. The Morgan fingerprint density at radius 1 is 1.46 bits per heavy atom. The largest absolute Gasteiger partial charge is 0.491 e. The van der Waals surface area contributed by atoms with Crippen molar-refractivity contribution in [2.24, 2.45) is 0 Å². The second kappa shape index (κ2) is 6.94. The molecule has 2 aromatic rings. The molecule has 2 heterocycles. The minimum Gasteiger partial charge on any atom is -0.453 e. The summed E-state index contributed by atoms with van der Waals surface area (Å²) in [6, 6.07) is 6.22. The lowest BCUT2D eigenvalue weighted by Gasteiger charge is -2.11. The van der Waals surface area contributed by atoms with E-state index in [2.05, 4.69) is 15.0 Å². The molecule has 9 nitrogen and oxygen atoms in total. The molecule has 1 aliphatic heterocycles. The van der Waals surface area contributed by atoms with Crippen LogP contribution in [-0.4, -0.2) is 38.7 Å². The summed E-state index contributed by atoms with van der Waals surface area (Å²) in [6.45, 7) is 0.274. The fraction of sp³-hybridized carbons (Fsp3) is 0.200. The molecule has 4 N–H and O–H groups in total. The van der Waals surface area contributed by atoms with Crippen LogP contribution in [0.4, 0.5) is 16.2 Å². The van der Waals surface area contributed by atoms with Gasteiger partial charge < -0.3 is 20.1 Å². The number of fused-ring (bicyclic) bond motifs is 1. The van der Waals surface area contributed by atoms with Crippen molar-refractivity contribution in [3.63, 3.8) is 0 Å². The van der Waals surface area contributed by atoms with Crippen LogP contribution in [-0.2, 0) is 31.6 Å². The second-order valence-corrected chi connectivity index (χ2v) is 7.60. The zero-order valence-corrected chi connectivity index (χ0v) is 14.6. The lowest BCUT2D eigenvalue weighted by Crippen LogP contribution is -2.28.